The normalized spacial score (nSPS) is 43.0. The zero-order chi connectivity index (χ0) is 9.47. The molecule has 1 heterocycles. The number of rotatable bonds is 2. The summed E-state index contributed by atoms with van der Waals surface area (Å²) in [6, 6.07) is 0.267. The maximum Gasteiger partial charge on any atom is 0.152 e. The maximum absolute atomic E-state index is 11.1. The summed E-state index contributed by atoms with van der Waals surface area (Å²) in [5, 5.41) is 0. The highest BCUT2D eigenvalue weighted by molar-refractivity contribution is 7.91. The van der Waals surface area contributed by atoms with Crippen LogP contribution in [0.1, 0.15) is 19.3 Å². The highest BCUT2D eigenvalue weighted by atomic mass is 32.2. The fourth-order valence-corrected chi connectivity index (χ4v) is 3.46. The summed E-state index contributed by atoms with van der Waals surface area (Å²) < 4.78 is 27.8. The largest absolute Gasteiger partial charge is 0.374 e. The Kier molecular flexibility index (Phi) is 2.33. The third-order valence-corrected chi connectivity index (χ3v) is 4.44. The molecule has 1 saturated heterocycles. The van der Waals surface area contributed by atoms with Crippen molar-refractivity contribution in [2.24, 2.45) is 5.73 Å². The smallest absolute Gasteiger partial charge is 0.152 e. The maximum atomic E-state index is 11.1. The molecule has 0 bridgehead atoms. The molecule has 0 radical (unpaired) electrons. The van der Waals surface area contributed by atoms with Gasteiger partial charge in [0, 0.05) is 6.04 Å². The lowest BCUT2D eigenvalue weighted by molar-refractivity contribution is -0.0476. The van der Waals surface area contributed by atoms with Crippen LogP contribution in [0.15, 0.2) is 0 Å². The Bertz CT molecular complexity index is 282. The third kappa shape index (κ3) is 2.21. The van der Waals surface area contributed by atoms with Gasteiger partial charge in [-0.3, -0.25) is 0 Å². The first-order chi connectivity index (χ1) is 6.05. The monoisotopic (exact) mass is 205 g/mol. The van der Waals surface area contributed by atoms with Gasteiger partial charge in [-0.15, -0.1) is 0 Å². The van der Waals surface area contributed by atoms with E-state index in [1.165, 1.54) is 0 Å². The molecular formula is C8H15NO3S. The Balaban J connectivity index is 1.78. The van der Waals surface area contributed by atoms with Gasteiger partial charge in [0.25, 0.3) is 0 Å². The molecule has 2 aliphatic rings. The van der Waals surface area contributed by atoms with Crippen molar-refractivity contribution < 1.29 is 13.2 Å². The van der Waals surface area contributed by atoms with Gasteiger partial charge in [0.15, 0.2) is 9.84 Å². The van der Waals surface area contributed by atoms with E-state index in [0.29, 0.717) is 6.42 Å². The molecule has 0 aromatic rings. The molecule has 0 aromatic heterocycles. The molecule has 4 nitrogen and oxygen atoms in total. The van der Waals surface area contributed by atoms with Crippen molar-refractivity contribution in [3.05, 3.63) is 0 Å². The van der Waals surface area contributed by atoms with Gasteiger partial charge >= 0.3 is 0 Å². The molecule has 1 aliphatic carbocycles. The Labute approximate surface area is 78.4 Å². The van der Waals surface area contributed by atoms with Crippen molar-refractivity contribution >= 4 is 9.84 Å². The second kappa shape index (κ2) is 3.22. The Morgan fingerprint density at radius 1 is 1.23 bits per heavy atom. The van der Waals surface area contributed by atoms with Crippen molar-refractivity contribution in [3.63, 3.8) is 0 Å². The molecule has 2 fully saturated rings. The third-order valence-electron chi connectivity index (χ3n) is 2.71. The number of hydrogen-bond donors (Lipinski definition) is 1. The topological polar surface area (TPSA) is 69.4 Å². The number of nitrogens with two attached hydrogens (primary N) is 1. The minimum atomic E-state index is -2.79. The van der Waals surface area contributed by atoms with Crippen LogP contribution in [0, 0.1) is 0 Å². The van der Waals surface area contributed by atoms with Crippen molar-refractivity contribution in [1.29, 1.82) is 0 Å². The first-order valence-electron chi connectivity index (χ1n) is 4.66. The Morgan fingerprint density at radius 3 is 2.38 bits per heavy atom. The summed E-state index contributed by atoms with van der Waals surface area (Å²) in [5.41, 5.74) is 5.60. The average Bonchev–Trinajstić information content (AvgIpc) is 2.27. The highest BCUT2D eigenvalue weighted by Crippen LogP contribution is 2.26. The van der Waals surface area contributed by atoms with Gasteiger partial charge in [-0.2, -0.15) is 0 Å². The molecule has 1 saturated carbocycles. The predicted molar refractivity (Wildman–Crippen MR) is 49.1 cm³/mol. The lowest BCUT2D eigenvalue weighted by Crippen LogP contribution is -2.43. The van der Waals surface area contributed by atoms with Gasteiger partial charge in [-0.25, -0.2) is 8.42 Å². The lowest BCUT2D eigenvalue weighted by Gasteiger charge is -2.34. The van der Waals surface area contributed by atoms with Crippen LogP contribution in [-0.4, -0.2) is 38.2 Å². The first kappa shape index (κ1) is 9.43. The summed E-state index contributed by atoms with van der Waals surface area (Å²) in [5.74, 6) is 0.495. The van der Waals surface area contributed by atoms with Crippen LogP contribution < -0.4 is 5.73 Å². The van der Waals surface area contributed by atoms with Gasteiger partial charge < -0.3 is 10.5 Å². The molecule has 5 heteroatoms. The molecule has 2 N–H and O–H groups in total. The van der Waals surface area contributed by atoms with Gasteiger partial charge in [0.05, 0.1) is 23.7 Å². The van der Waals surface area contributed by atoms with Gasteiger partial charge in [0.1, 0.15) is 0 Å². The van der Waals surface area contributed by atoms with Crippen molar-refractivity contribution in [2.45, 2.75) is 37.5 Å². The van der Waals surface area contributed by atoms with E-state index in [4.69, 9.17) is 10.5 Å². The predicted octanol–water partition coefficient (Wildman–Crippen LogP) is -0.320. The van der Waals surface area contributed by atoms with Gasteiger partial charge in [0.2, 0.25) is 0 Å². The van der Waals surface area contributed by atoms with Crippen LogP contribution in [-0.2, 0) is 14.6 Å². The van der Waals surface area contributed by atoms with Crippen molar-refractivity contribution in [3.8, 4) is 0 Å². The van der Waals surface area contributed by atoms with E-state index in [0.717, 1.165) is 12.8 Å². The quantitative estimate of drug-likeness (QED) is 0.671. The molecule has 0 amide bonds. The lowest BCUT2D eigenvalue weighted by atomic mass is 9.90. The fourth-order valence-electron chi connectivity index (χ4n) is 1.86. The van der Waals surface area contributed by atoms with Crippen molar-refractivity contribution in [1.82, 2.24) is 0 Å². The van der Waals surface area contributed by atoms with E-state index in [2.05, 4.69) is 0 Å². The second-order valence-electron chi connectivity index (χ2n) is 4.01. The van der Waals surface area contributed by atoms with Crippen LogP contribution in [0.5, 0.6) is 0 Å². The molecule has 76 valence electrons. The summed E-state index contributed by atoms with van der Waals surface area (Å²) in [6.45, 7) is 0. The standard InChI is InChI=1S/C8H15NO3S/c9-6-3-8(4-6)12-7-1-2-13(10,11)5-7/h6-8H,1-5,9H2. The van der Waals surface area contributed by atoms with Crippen LogP contribution in [0.3, 0.4) is 0 Å². The van der Waals surface area contributed by atoms with E-state index < -0.39 is 9.84 Å². The molecule has 0 spiro atoms. The highest BCUT2D eigenvalue weighted by Gasteiger charge is 2.34. The van der Waals surface area contributed by atoms with Gasteiger partial charge in [-0.05, 0) is 19.3 Å². The van der Waals surface area contributed by atoms with Crippen LogP contribution >= 0.6 is 0 Å². The minimum Gasteiger partial charge on any atom is -0.374 e. The number of hydrogen-bond acceptors (Lipinski definition) is 4. The average molecular weight is 205 g/mol. The van der Waals surface area contributed by atoms with E-state index in [1.54, 1.807) is 0 Å². The Morgan fingerprint density at radius 2 is 1.92 bits per heavy atom. The summed E-state index contributed by atoms with van der Waals surface area (Å²) in [7, 11) is -2.79. The zero-order valence-corrected chi connectivity index (χ0v) is 8.29. The second-order valence-corrected chi connectivity index (χ2v) is 6.24. The van der Waals surface area contributed by atoms with E-state index >= 15 is 0 Å². The Hall–Kier alpha value is -0.130. The van der Waals surface area contributed by atoms with E-state index in [-0.39, 0.29) is 29.8 Å². The first-order valence-corrected chi connectivity index (χ1v) is 6.49. The number of sulfone groups is 1. The molecule has 13 heavy (non-hydrogen) atoms. The summed E-state index contributed by atoms with van der Waals surface area (Å²) in [6.07, 6.45) is 2.58. The zero-order valence-electron chi connectivity index (χ0n) is 7.48. The molecule has 1 aliphatic heterocycles. The van der Waals surface area contributed by atoms with E-state index in [9.17, 15) is 8.42 Å². The van der Waals surface area contributed by atoms with E-state index in [1.807, 2.05) is 0 Å². The molecule has 1 atom stereocenters. The molecular weight excluding hydrogens is 190 g/mol. The number of ether oxygens (including phenoxy) is 1. The summed E-state index contributed by atoms with van der Waals surface area (Å²) >= 11 is 0. The molecule has 2 rings (SSSR count). The molecule has 1 unspecified atom stereocenters. The van der Waals surface area contributed by atoms with Crippen LogP contribution in [0.2, 0.25) is 0 Å². The minimum absolute atomic E-state index is 0.0671. The van der Waals surface area contributed by atoms with Crippen molar-refractivity contribution in [2.75, 3.05) is 11.5 Å². The van der Waals surface area contributed by atoms with Crippen LogP contribution in [0.4, 0.5) is 0 Å². The fraction of sp³-hybridized carbons (Fsp3) is 1.00. The summed E-state index contributed by atoms with van der Waals surface area (Å²) in [4.78, 5) is 0. The van der Waals surface area contributed by atoms with Gasteiger partial charge in [-0.1, -0.05) is 0 Å². The van der Waals surface area contributed by atoms with Crippen LogP contribution in [0.25, 0.3) is 0 Å². The SMILES string of the molecule is NC1CC(OC2CCS(=O)(=O)C2)C1. The molecule has 0 aromatic carbocycles.